The number of hydrogen-bond donors (Lipinski definition) is 1. The van der Waals surface area contributed by atoms with Gasteiger partial charge >= 0.3 is 5.97 Å². The van der Waals surface area contributed by atoms with Crippen LogP contribution in [0.1, 0.15) is 36.6 Å². The maximum Gasteiger partial charge on any atom is 0.303 e. The van der Waals surface area contributed by atoms with Crippen molar-refractivity contribution in [1.82, 2.24) is 9.55 Å². The highest BCUT2D eigenvalue weighted by Crippen LogP contribution is 2.40. The lowest BCUT2D eigenvalue weighted by Crippen LogP contribution is -1.97. The molecule has 94 valence electrons. The normalized spacial score (nSPS) is 15.2. The molecule has 4 nitrogen and oxygen atoms in total. The molecule has 1 aromatic heterocycles. The van der Waals surface area contributed by atoms with E-state index in [0.717, 1.165) is 16.6 Å². The van der Waals surface area contributed by atoms with Gasteiger partial charge < -0.3 is 9.67 Å². The number of aryl methyl sites for hydroxylation is 2. The van der Waals surface area contributed by atoms with E-state index in [2.05, 4.69) is 16.6 Å². The van der Waals surface area contributed by atoms with Crippen LogP contribution in [-0.2, 0) is 18.3 Å². The van der Waals surface area contributed by atoms with Crippen LogP contribution in [0.25, 0.3) is 11.0 Å². The van der Waals surface area contributed by atoms with Crippen LogP contribution < -0.4 is 0 Å². The molecule has 0 atom stereocenters. The average Bonchev–Trinajstić information content (AvgIpc) is 3.13. The molecule has 1 heterocycles. The summed E-state index contributed by atoms with van der Waals surface area (Å²) in [5.41, 5.74) is 3.17. The van der Waals surface area contributed by atoms with Crippen molar-refractivity contribution in [1.29, 1.82) is 0 Å². The van der Waals surface area contributed by atoms with Crippen LogP contribution in [-0.4, -0.2) is 20.6 Å². The summed E-state index contributed by atoms with van der Waals surface area (Å²) >= 11 is 0. The molecule has 1 aliphatic rings. The van der Waals surface area contributed by atoms with Gasteiger partial charge in [0.15, 0.2) is 0 Å². The third-order valence-corrected chi connectivity index (χ3v) is 3.55. The van der Waals surface area contributed by atoms with Gasteiger partial charge in [-0.1, -0.05) is 6.07 Å². The molecule has 0 spiro atoms. The van der Waals surface area contributed by atoms with Gasteiger partial charge in [-0.15, -0.1) is 0 Å². The minimum absolute atomic E-state index is 0.174. The van der Waals surface area contributed by atoms with Crippen molar-refractivity contribution in [2.75, 3.05) is 0 Å². The Kier molecular flexibility index (Phi) is 2.58. The summed E-state index contributed by atoms with van der Waals surface area (Å²) in [6.45, 7) is 0. The van der Waals surface area contributed by atoms with Gasteiger partial charge in [-0.2, -0.15) is 0 Å². The van der Waals surface area contributed by atoms with Crippen molar-refractivity contribution in [3.8, 4) is 0 Å². The second-order valence-corrected chi connectivity index (χ2v) is 5.02. The predicted octanol–water partition coefficient (Wildman–Crippen LogP) is 2.47. The second kappa shape index (κ2) is 4.12. The van der Waals surface area contributed by atoms with Crippen LogP contribution in [0.2, 0.25) is 0 Å². The summed E-state index contributed by atoms with van der Waals surface area (Å²) in [5, 5.41) is 8.70. The molecule has 3 rings (SSSR count). The first-order valence-electron chi connectivity index (χ1n) is 6.32. The van der Waals surface area contributed by atoms with Crippen molar-refractivity contribution in [3.05, 3.63) is 29.6 Å². The molecule has 1 saturated carbocycles. The highest BCUT2D eigenvalue weighted by atomic mass is 16.4. The Labute approximate surface area is 105 Å². The zero-order valence-corrected chi connectivity index (χ0v) is 10.4. The van der Waals surface area contributed by atoms with E-state index in [1.165, 1.54) is 18.7 Å². The van der Waals surface area contributed by atoms with E-state index in [0.29, 0.717) is 12.3 Å². The first-order valence-corrected chi connectivity index (χ1v) is 6.32. The monoisotopic (exact) mass is 244 g/mol. The minimum atomic E-state index is -0.755. The predicted molar refractivity (Wildman–Crippen MR) is 68.6 cm³/mol. The zero-order chi connectivity index (χ0) is 12.7. The van der Waals surface area contributed by atoms with E-state index < -0.39 is 5.97 Å². The maximum absolute atomic E-state index is 10.6. The van der Waals surface area contributed by atoms with Gasteiger partial charge in [-0.05, 0) is 37.0 Å². The number of aromatic nitrogens is 2. The Morgan fingerprint density at radius 1 is 1.50 bits per heavy atom. The van der Waals surface area contributed by atoms with Crippen molar-refractivity contribution in [2.45, 2.75) is 31.6 Å². The van der Waals surface area contributed by atoms with Crippen molar-refractivity contribution in [2.24, 2.45) is 7.05 Å². The van der Waals surface area contributed by atoms with E-state index in [-0.39, 0.29) is 6.42 Å². The van der Waals surface area contributed by atoms with Gasteiger partial charge in [0.05, 0.1) is 11.0 Å². The summed E-state index contributed by atoms with van der Waals surface area (Å²) in [6.07, 6.45) is 3.22. The number of imidazole rings is 1. The first-order chi connectivity index (χ1) is 8.65. The summed E-state index contributed by atoms with van der Waals surface area (Å²) in [4.78, 5) is 15.2. The largest absolute Gasteiger partial charge is 0.481 e. The lowest BCUT2D eigenvalue weighted by atomic mass is 10.1. The van der Waals surface area contributed by atoms with Crippen LogP contribution in [0.4, 0.5) is 0 Å². The summed E-state index contributed by atoms with van der Waals surface area (Å²) in [7, 11) is 2.06. The smallest absolute Gasteiger partial charge is 0.303 e. The SMILES string of the molecule is Cn1c(C2CC2)nc2cc(CCC(=O)O)ccc21. The Morgan fingerprint density at radius 2 is 2.28 bits per heavy atom. The number of carbonyl (C=O) groups is 1. The van der Waals surface area contributed by atoms with E-state index in [1.807, 2.05) is 18.2 Å². The maximum atomic E-state index is 10.6. The van der Waals surface area contributed by atoms with Gasteiger partial charge in [0, 0.05) is 19.4 Å². The fraction of sp³-hybridized carbons (Fsp3) is 0.429. The van der Waals surface area contributed by atoms with Crippen molar-refractivity contribution < 1.29 is 9.90 Å². The zero-order valence-electron chi connectivity index (χ0n) is 10.4. The quantitative estimate of drug-likeness (QED) is 0.898. The Morgan fingerprint density at radius 3 is 2.94 bits per heavy atom. The van der Waals surface area contributed by atoms with Crippen LogP contribution >= 0.6 is 0 Å². The number of carboxylic acid groups (broad SMARTS) is 1. The van der Waals surface area contributed by atoms with E-state index in [9.17, 15) is 4.79 Å². The molecule has 1 aliphatic carbocycles. The van der Waals surface area contributed by atoms with E-state index in [1.54, 1.807) is 0 Å². The summed E-state index contributed by atoms with van der Waals surface area (Å²) < 4.78 is 2.16. The molecule has 2 aromatic rings. The molecule has 0 unspecified atom stereocenters. The topological polar surface area (TPSA) is 55.1 Å². The summed E-state index contributed by atoms with van der Waals surface area (Å²) in [6, 6.07) is 6.07. The number of hydrogen-bond acceptors (Lipinski definition) is 2. The number of aliphatic carboxylic acids is 1. The molecule has 0 bridgehead atoms. The lowest BCUT2D eigenvalue weighted by Gasteiger charge is -2.00. The summed E-state index contributed by atoms with van der Waals surface area (Å²) in [5.74, 6) is 1.04. The van der Waals surface area contributed by atoms with Gasteiger partial charge in [-0.25, -0.2) is 4.98 Å². The van der Waals surface area contributed by atoms with Crippen molar-refractivity contribution in [3.63, 3.8) is 0 Å². The van der Waals surface area contributed by atoms with Gasteiger partial charge in [0.25, 0.3) is 0 Å². The van der Waals surface area contributed by atoms with Gasteiger partial charge in [-0.3, -0.25) is 4.79 Å². The number of carboxylic acids is 1. The van der Waals surface area contributed by atoms with Crippen LogP contribution in [0.5, 0.6) is 0 Å². The number of fused-ring (bicyclic) bond motifs is 1. The molecule has 18 heavy (non-hydrogen) atoms. The highest BCUT2D eigenvalue weighted by Gasteiger charge is 2.28. The molecular weight excluding hydrogens is 228 g/mol. The molecule has 0 amide bonds. The molecule has 0 saturated heterocycles. The number of benzene rings is 1. The van der Waals surface area contributed by atoms with Crippen LogP contribution in [0, 0.1) is 0 Å². The van der Waals surface area contributed by atoms with E-state index in [4.69, 9.17) is 5.11 Å². The molecule has 1 N–H and O–H groups in total. The molecule has 4 heteroatoms. The van der Waals surface area contributed by atoms with Crippen molar-refractivity contribution >= 4 is 17.0 Å². The highest BCUT2D eigenvalue weighted by molar-refractivity contribution is 5.77. The molecule has 0 radical (unpaired) electrons. The Bertz CT molecular complexity index is 612. The Balaban J connectivity index is 1.94. The minimum Gasteiger partial charge on any atom is -0.481 e. The lowest BCUT2D eigenvalue weighted by molar-refractivity contribution is -0.136. The fourth-order valence-corrected chi connectivity index (χ4v) is 2.38. The third-order valence-electron chi connectivity index (χ3n) is 3.55. The van der Waals surface area contributed by atoms with Gasteiger partial charge in [0.2, 0.25) is 0 Å². The molecular formula is C14H16N2O2. The average molecular weight is 244 g/mol. The fourth-order valence-electron chi connectivity index (χ4n) is 2.38. The second-order valence-electron chi connectivity index (χ2n) is 5.02. The number of rotatable bonds is 4. The number of nitrogens with zero attached hydrogens (tertiary/aromatic N) is 2. The van der Waals surface area contributed by atoms with E-state index >= 15 is 0 Å². The molecule has 1 aromatic carbocycles. The Hall–Kier alpha value is -1.84. The van der Waals surface area contributed by atoms with Crippen LogP contribution in [0.3, 0.4) is 0 Å². The first kappa shape index (κ1) is 11.3. The molecule has 0 aliphatic heterocycles. The third kappa shape index (κ3) is 1.98. The van der Waals surface area contributed by atoms with Gasteiger partial charge in [0.1, 0.15) is 5.82 Å². The standard InChI is InChI=1S/C14H16N2O2/c1-16-12-6-2-9(3-7-13(17)18)8-11(12)15-14(16)10-4-5-10/h2,6,8,10H,3-5,7H2,1H3,(H,17,18). The molecule has 1 fully saturated rings. The van der Waals surface area contributed by atoms with Crippen LogP contribution in [0.15, 0.2) is 18.2 Å².